The molecule has 2 N–H and O–H groups in total. The third kappa shape index (κ3) is 3.85. The molecule has 0 radical (unpaired) electrons. The minimum absolute atomic E-state index is 0.0736. The molecule has 1 heterocycles. The molecule has 0 amide bonds. The second kappa shape index (κ2) is 7.39. The third-order valence-electron chi connectivity index (χ3n) is 5.31. The normalized spacial score (nSPS) is 23.2. The second-order valence-electron chi connectivity index (χ2n) is 6.61. The van der Waals surface area contributed by atoms with Crippen molar-refractivity contribution in [1.29, 1.82) is 0 Å². The maximum atomic E-state index is 6.25. The lowest BCUT2D eigenvalue weighted by Gasteiger charge is -2.47. The standard InChI is InChI=1S/C18H31N3/c1-4-18(15-19,13-16-9-6-5-7-10-16)21(3)17-11-8-12-20(2)14-17/h5-7,9-10,17H,4,8,11-15,19H2,1-3H3. The monoisotopic (exact) mass is 289 g/mol. The average molecular weight is 289 g/mol. The maximum absolute atomic E-state index is 6.25. The molecule has 2 rings (SSSR count). The van der Waals surface area contributed by atoms with Crippen molar-refractivity contribution in [2.45, 2.75) is 44.2 Å². The summed E-state index contributed by atoms with van der Waals surface area (Å²) in [5, 5.41) is 0. The summed E-state index contributed by atoms with van der Waals surface area (Å²) in [6.07, 6.45) is 4.71. The van der Waals surface area contributed by atoms with Gasteiger partial charge in [0.15, 0.2) is 0 Å². The highest BCUT2D eigenvalue weighted by Crippen LogP contribution is 2.28. The number of nitrogens with two attached hydrogens (primary N) is 1. The number of likely N-dealkylation sites (N-methyl/N-ethyl adjacent to an activating group) is 2. The van der Waals surface area contributed by atoms with Gasteiger partial charge in [-0.3, -0.25) is 4.90 Å². The lowest BCUT2D eigenvalue weighted by molar-refractivity contribution is 0.0352. The molecule has 1 aliphatic rings. The van der Waals surface area contributed by atoms with Gasteiger partial charge in [0.1, 0.15) is 0 Å². The van der Waals surface area contributed by atoms with E-state index in [9.17, 15) is 0 Å². The van der Waals surface area contributed by atoms with Gasteiger partial charge in [-0.2, -0.15) is 0 Å². The third-order valence-corrected chi connectivity index (χ3v) is 5.31. The van der Waals surface area contributed by atoms with Crippen LogP contribution in [0, 0.1) is 0 Å². The van der Waals surface area contributed by atoms with Crippen LogP contribution >= 0.6 is 0 Å². The summed E-state index contributed by atoms with van der Waals surface area (Å²) >= 11 is 0. The van der Waals surface area contributed by atoms with Crippen molar-refractivity contribution in [3.8, 4) is 0 Å². The fourth-order valence-corrected chi connectivity index (χ4v) is 3.68. The van der Waals surface area contributed by atoms with Crippen molar-refractivity contribution >= 4 is 0 Å². The van der Waals surface area contributed by atoms with Gasteiger partial charge in [-0.15, -0.1) is 0 Å². The molecule has 0 aromatic heterocycles. The van der Waals surface area contributed by atoms with E-state index < -0.39 is 0 Å². The van der Waals surface area contributed by atoms with Gasteiger partial charge in [-0.05, 0) is 51.9 Å². The van der Waals surface area contributed by atoms with Crippen LogP contribution in [0.5, 0.6) is 0 Å². The van der Waals surface area contributed by atoms with Gasteiger partial charge in [0.05, 0.1) is 0 Å². The molecule has 1 aromatic carbocycles. The minimum Gasteiger partial charge on any atom is -0.329 e. The molecule has 3 heteroatoms. The molecule has 0 bridgehead atoms. The zero-order chi connectivity index (χ0) is 15.3. The first-order chi connectivity index (χ1) is 10.1. The maximum Gasteiger partial charge on any atom is 0.0369 e. The Morgan fingerprint density at radius 2 is 2.05 bits per heavy atom. The van der Waals surface area contributed by atoms with Crippen LogP contribution in [-0.4, -0.2) is 55.1 Å². The van der Waals surface area contributed by atoms with E-state index in [0.717, 1.165) is 25.9 Å². The summed E-state index contributed by atoms with van der Waals surface area (Å²) in [5.41, 5.74) is 7.72. The van der Waals surface area contributed by atoms with E-state index in [-0.39, 0.29) is 5.54 Å². The van der Waals surface area contributed by atoms with Gasteiger partial charge in [0.2, 0.25) is 0 Å². The molecule has 2 unspecified atom stereocenters. The van der Waals surface area contributed by atoms with Crippen LogP contribution in [0.3, 0.4) is 0 Å². The van der Waals surface area contributed by atoms with Gasteiger partial charge in [0.25, 0.3) is 0 Å². The summed E-state index contributed by atoms with van der Waals surface area (Å²) in [6.45, 7) is 5.38. The Hall–Kier alpha value is -0.900. The van der Waals surface area contributed by atoms with E-state index >= 15 is 0 Å². The first-order valence-corrected chi connectivity index (χ1v) is 8.27. The minimum atomic E-state index is 0.0736. The Morgan fingerprint density at radius 3 is 2.62 bits per heavy atom. The van der Waals surface area contributed by atoms with Crippen LogP contribution in [0.15, 0.2) is 30.3 Å². The summed E-state index contributed by atoms with van der Waals surface area (Å²) in [7, 11) is 4.51. The molecule has 1 aromatic rings. The number of hydrogen-bond acceptors (Lipinski definition) is 3. The van der Waals surface area contributed by atoms with Crippen LogP contribution in [0.1, 0.15) is 31.7 Å². The van der Waals surface area contributed by atoms with Gasteiger partial charge in [-0.25, -0.2) is 0 Å². The summed E-state index contributed by atoms with van der Waals surface area (Å²) < 4.78 is 0. The Labute approximate surface area is 130 Å². The van der Waals surface area contributed by atoms with Crippen LogP contribution in [0.25, 0.3) is 0 Å². The molecular weight excluding hydrogens is 258 g/mol. The van der Waals surface area contributed by atoms with Gasteiger partial charge in [0, 0.05) is 24.7 Å². The quantitative estimate of drug-likeness (QED) is 0.872. The highest BCUT2D eigenvalue weighted by molar-refractivity contribution is 5.18. The Kier molecular flexibility index (Phi) is 5.80. The first kappa shape index (κ1) is 16.5. The first-order valence-electron chi connectivity index (χ1n) is 8.27. The molecule has 1 saturated heterocycles. The molecule has 1 aliphatic heterocycles. The van der Waals surface area contributed by atoms with Crippen molar-refractivity contribution in [3.63, 3.8) is 0 Å². The summed E-state index contributed by atoms with van der Waals surface area (Å²) in [6, 6.07) is 11.4. The molecule has 21 heavy (non-hydrogen) atoms. The number of likely N-dealkylation sites (tertiary alicyclic amines) is 1. The second-order valence-corrected chi connectivity index (χ2v) is 6.61. The SMILES string of the molecule is CCC(CN)(Cc1ccccc1)N(C)C1CCCN(C)C1. The zero-order valence-corrected chi connectivity index (χ0v) is 13.9. The Morgan fingerprint density at radius 1 is 1.33 bits per heavy atom. The van der Waals surface area contributed by atoms with E-state index in [0.29, 0.717) is 6.04 Å². The highest BCUT2D eigenvalue weighted by atomic mass is 15.3. The molecular formula is C18H31N3. The molecule has 118 valence electrons. The molecule has 3 nitrogen and oxygen atoms in total. The van der Waals surface area contributed by atoms with Gasteiger partial charge < -0.3 is 10.6 Å². The smallest absolute Gasteiger partial charge is 0.0369 e. The van der Waals surface area contributed by atoms with Crippen molar-refractivity contribution in [2.24, 2.45) is 5.73 Å². The lowest BCUT2D eigenvalue weighted by Crippen LogP contribution is -2.60. The van der Waals surface area contributed by atoms with Crippen molar-refractivity contribution in [3.05, 3.63) is 35.9 Å². The van der Waals surface area contributed by atoms with Crippen molar-refractivity contribution in [2.75, 3.05) is 33.7 Å². The lowest BCUT2D eigenvalue weighted by atomic mass is 9.84. The predicted molar refractivity (Wildman–Crippen MR) is 90.5 cm³/mol. The van der Waals surface area contributed by atoms with Crippen molar-refractivity contribution < 1.29 is 0 Å². The number of benzene rings is 1. The molecule has 0 saturated carbocycles. The van der Waals surface area contributed by atoms with E-state index in [4.69, 9.17) is 5.73 Å². The topological polar surface area (TPSA) is 32.5 Å². The van der Waals surface area contributed by atoms with E-state index in [1.165, 1.54) is 24.9 Å². The van der Waals surface area contributed by atoms with Crippen LogP contribution in [0.2, 0.25) is 0 Å². The fourth-order valence-electron chi connectivity index (χ4n) is 3.68. The average Bonchev–Trinajstić information content (AvgIpc) is 2.53. The predicted octanol–water partition coefficient (Wildman–Crippen LogP) is 2.36. The van der Waals surface area contributed by atoms with E-state index in [1.54, 1.807) is 0 Å². The van der Waals surface area contributed by atoms with Gasteiger partial charge >= 0.3 is 0 Å². The molecule has 1 fully saturated rings. The van der Waals surface area contributed by atoms with Gasteiger partial charge in [-0.1, -0.05) is 37.3 Å². The Balaban J connectivity index is 2.15. The van der Waals surface area contributed by atoms with Crippen LogP contribution < -0.4 is 5.73 Å². The number of piperidine rings is 1. The number of nitrogens with zero attached hydrogens (tertiary/aromatic N) is 2. The number of rotatable bonds is 6. The van der Waals surface area contributed by atoms with E-state index in [2.05, 4.69) is 61.2 Å². The highest BCUT2D eigenvalue weighted by Gasteiger charge is 2.36. The molecule has 0 aliphatic carbocycles. The fraction of sp³-hybridized carbons (Fsp3) is 0.667. The zero-order valence-electron chi connectivity index (χ0n) is 13.9. The largest absolute Gasteiger partial charge is 0.329 e. The Bertz CT molecular complexity index is 414. The number of hydrogen-bond donors (Lipinski definition) is 1. The molecule has 2 atom stereocenters. The summed E-state index contributed by atoms with van der Waals surface area (Å²) in [4.78, 5) is 5.03. The van der Waals surface area contributed by atoms with E-state index in [1.807, 2.05) is 0 Å². The van der Waals surface area contributed by atoms with Crippen LogP contribution in [0.4, 0.5) is 0 Å². The summed E-state index contributed by atoms with van der Waals surface area (Å²) in [5.74, 6) is 0. The van der Waals surface area contributed by atoms with Crippen molar-refractivity contribution in [1.82, 2.24) is 9.80 Å². The molecule has 0 spiro atoms. The van der Waals surface area contributed by atoms with Crippen LogP contribution in [-0.2, 0) is 6.42 Å².